The van der Waals surface area contributed by atoms with E-state index in [2.05, 4.69) is 35.2 Å². The average Bonchev–Trinajstić information content (AvgIpc) is 2.88. The summed E-state index contributed by atoms with van der Waals surface area (Å²) in [7, 11) is 1.99. The molecule has 1 aliphatic carbocycles. The largest absolute Gasteiger partial charge is 0.313 e. The molecule has 0 spiro atoms. The van der Waals surface area contributed by atoms with Crippen molar-refractivity contribution in [3.63, 3.8) is 0 Å². The molecule has 4 heteroatoms. The van der Waals surface area contributed by atoms with Gasteiger partial charge in [0.25, 0.3) is 0 Å². The summed E-state index contributed by atoms with van der Waals surface area (Å²) in [4.78, 5) is 0. The molecule has 1 atom stereocenters. The molecular formula is C16H29N3S. The molecule has 0 radical (unpaired) electrons. The fraction of sp³-hybridized carbons (Fsp3) is 0.812. The highest BCUT2D eigenvalue weighted by Gasteiger charge is 2.17. The van der Waals surface area contributed by atoms with Crippen molar-refractivity contribution in [3.05, 3.63) is 18.0 Å². The fourth-order valence-electron chi connectivity index (χ4n) is 2.85. The van der Waals surface area contributed by atoms with Crippen LogP contribution in [0.4, 0.5) is 0 Å². The average molecular weight is 295 g/mol. The van der Waals surface area contributed by atoms with Gasteiger partial charge in [0, 0.05) is 36.7 Å². The number of rotatable bonds is 8. The smallest absolute Gasteiger partial charge is 0.0640 e. The van der Waals surface area contributed by atoms with Crippen LogP contribution in [0, 0.1) is 0 Å². The van der Waals surface area contributed by atoms with Gasteiger partial charge in [-0.1, -0.05) is 26.2 Å². The molecule has 1 N–H and O–H groups in total. The Morgan fingerprint density at radius 2 is 2.20 bits per heavy atom. The van der Waals surface area contributed by atoms with Gasteiger partial charge in [-0.2, -0.15) is 16.9 Å². The molecule has 1 aliphatic rings. The molecule has 20 heavy (non-hydrogen) atoms. The Bertz CT molecular complexity index is 372. The van der Waals surface area contributed by atoms with Crippen LogP contribution < -0.4 is 5.32 Å². The number of aromatic nitrogens is 2. The minimum atomic E-state index is 0.566. The van der Waals surface area contributed by atoms with Gasteiger partial charge in [-0.25, -0.2) is 0 Å². The van der Waals surface area contributed by atoms with Gasteiger partial charge in [0.1, 0.15) is 0 Å². The van der Waals surface area contributed by atoms with Gasteiger partial charge in [-0.15, -0.1) is 0 Å². The van der Waals surface area contributed by atoms with E-state index in [4.69, 9.17) is 0 Å². The second-order valence-electron chi connectivity index (χ2n) is 5.93. The van der Waals surface area contributed by atoms with Gasteiger partial charge in [-0.05, 0) is 31.9 Å². The van der Waals surface area contributed by atoms with Crippen molar-refractivity contribution < 1.29 is 0 Å². The first-order valence-corrected chi connectivity index (χ1v) is 9.16. The zero-order valence-electron chi connectivity index (χ0n) is 13.0. The first kappa shape index (κ1) is 15.9. The van der Waals surface area contributed by atoms with Crippen LogP contribution in [0.3, 0.4) is 0 Å². The molecule has 3 nitrogen and oxygen atoms in total. The topological polar surface area (TPSA) is 29.9 Å². The predicted molar refractivity (Wildman–Crippen MR) is 88.3 cm³/mol. The Hall–Kier alpha value is -0.480. The van der Waals surface area contributed by atoms with Crippen LogP contribution in [0.15, 0.2) is 12.3 Å². The summed E-state index contributed by atoms with van der Waals surface area (Å²) in [6.07, 6.45) is 11.5. The van der Waals surface area contributed by atoms with E-state index in [-0.39, 0.29) is 0 Å². The number of aryl methyl sites for hydroxylation is 1. The molecule has 0 aliphatic heterocycles. The van der Waals surface area contributed by atoms with Crippen LogP contribution in [-0.2, 0) is 13.5 Å². The standard InChI is InChI=1S/C16H29N3S/c1-3-10-17-15(12-14-9-11-19(2)18-14)13-20-16-7-5-4-6-8-16/h9,11,15-17H,3-8,10,12-13H2,1-2H3. The lowest BCUT2D eigenvalue weighted by Gasteiger charge is -2.24. The summed E-state index contributed by atoms with van der Waals surface area (Å²) < 4.78 is 1.90. The summed E-state index contributed by atoms with van der Waals surface area (Å²) in [5.41, 5.74) is 1.21. The molecular weight excluding hydrogens is 266 g/mol. The molecule has 2 rings (SSSR count). The first-order chi connectivity index (χ1) is 9.78. The minimum absolute atomic E-state index is 0.566. The van der Waals surface area contributed by atoms with Gasteiger partial charge in [-0.3, -0.25) is 4.68 Å². The first-order valence-electron chi connectivity index (χ1n) is 8.11. The van der Waals surface area contributed by atoms with Crippen LogP contribution in [-0.4, -0.2) is 33.4 Å². The van der Waals surface area contributed by atoms with Crippen molar-refractivity contribution in [1.82, 2.24) is 15.1 Å². The lowest BCUT2D eigenvalue weighted by molar-refractivity contribution is 0.510. The van der Waals surface area contributed by atoms with Crippen molar-refractivity contribution in [2.45, 2.75) is 63.2 Å². The second-order valence-corrected chi connectivity index (χ2v) is 7.26. The number of thioether (sulfide) groups is 1. The highest BCUT2D eigenvalue weighted by Crippen LogP contribution is 2.28. The Balaban J connectivity index is 1.79. The SMILES string of the molecule is CCCNC(CSC1CCCCC1)Cc1ccn(C)n1. The Morgan fingerprint density at radius 3 is 2.85 bits per heavy atom. The van der Waals surface area contributed by atoms with E-state index in [9.17, 15) is 0 Å². The zero-order valence-corrected chi connectivity index (χ0v) is 13.8. The maximum atomic E-state index is 4.52. The third kappa shape index (κ3) is 5.49. The fourth-order valence-corrected chi connectivity index (χ4v) is 4.25. The highest BCUT2D eigenvalue weighted by atomic mass is 32.2. The van der Waals surface area contributed by atoms with Crippen molar-refractivity contribution in [2.24, 2.45) is 7.05 Å². The van der Waals surface area contributed by atoms with E-state index in [1.54, 1.807) is 0 Å². The molecule has 1 fully saturated rings. The van der Waals surface area contributed by atoms with Crippen molar-refractivity contribution in [3.8, 4) is 0 Å². The molecule has 1 heterocycles. The molecule has 1 aromatic heterocycles. The van der Waals surface area contributed by atoms with Gasteiger partial charge in [0.05, 0.1) is 5.69 Å². The maximum absolute atomic E-state index is 4.52. The Kier molecular flexibility index (Phi) is 6.94. The third-order valence-electron chi connectivity index (χ3n) is 3.99. The quantitative estimate of drug-likeness (QED) is 0.797. The van der Waals surface area contributed by atoms with Crippen LogP contribution >= 0.6 is 11.8 Å². The second kappa shape index (κ2) is 8.73. The molecule has 0 saturated heterocycles. The Morgan fingerprint density at radius 1 is 1.40 bits per heavy atom. The zero-order chi connectivity index (χ0) is 14.2. The molecule has 114 valence electrons. The van der Waals surface area contributed by atoms with Gasteiger partial charge in [0.2, 0.25) is 0 Å². The highest BCUT2D eigenvalue weighted by molar-refractivity contribution is 7.99. The summed E-state index contributed by atoms with van der Waals surface area (Å²) >= 11 is 2.18. The molecule has 0 bridgehead atoms. The van der Waals surface area contributed by atoms with Gasteiger partial charge < -0.3 is 5.32 Å². The normalized spacial score (nSPS) is 18.3. The van der Waals surface area contributed by atoms with E-state index in [1.807, 2.05) is 17.9 Å². The van der Waals surface area contributed by atoms with Crippen molar-refractivity contribution in [2.75, 3.05) is 12.3 Å². The maximum Gasteiger partial charge on any atom is 0.0640 e. The van der Waals surface area contributed by atoms with Gasteiger partial charge >= 0.3 is 0 Å². The summed E-state index contributed by atoms with van der Waals surface area (Å²) in [6, 6.07) is 2.71. The number of nitrogens with zero attached hydrogens (tertiary/aromatic N) is 2. The van der Waals surface area contributed by atoms with Crippen molar-refractivity contribution >= 4 is 11.8 Å². The predicted octanol–water partition coefficient (Wildman–Crippen LogP) is 3.40. The molecule has 0 amide bonds. The summed E-state index contributed by atoms with van der Waals surface area (Å²) in [5.74, 6) is 1.22. The molecule has 1 aromatic rings. The van der Waals surface area contributed by atoms with Crippen LogP contribution in [0.25, 0.3) is 0 Å². The third-order valence-corrected chi connectivity index (χ3v) is 5.53. The van der Waals surface area contributed by atoms with E-state index in [0.29, 0.717) is 6.04 Å². The lowest BCUT2D eigenvalue weighted by atomic mass is 10.0. The van der Waals surface area contributed by atoms with Crippen LogP contribution in [0.2, 0.25) is 0 Å². The van der Waals surface area contributed by atoms with Gasteiger partial charge in [0.15, 0.2) is 0 Å². The lowest BCUT2D eigenvalue weighted by Crippen LogP contribution is -2.35. The number of nitrogens with one attached hydrogen (secondary N) is 1. The minimum Gasteiger partial charge on any atom is -0.313 e. The van der Waals surface area contributed by atoms with E-state index < -0.39 is 0 Å². The van der Waals surface area contributed by atoms with E-state index in [1.165, 1.54) is 50.0 Å². The van der Waals surface area contributed by atoms with Crippen molar-refractivity contribution in [1.29, 1.82) is 0 Å². The molecule has 1 unspecified atom stereocenters. The summed E-state index contributed by atoms with van der Waals surface area (Å²) in [5, 5.41) is 9.12. The Labute approximate surface area is 127 Å². The van der Waals surface area contributed by atoms with E-state index in [0.717, 1.165) is 18.2 Å². The molecule has 0 aromatic carbocycles. The summed E-state index contributed by atoms with van der Waals surface area (Å²) in [6.45, 7) is 3.35. The monoisotopic (exact) mass is 295 g/mol. The number of hydrogen-bond donors (Lipinski definition) is 1. The van der Waals surface area contributed by atoms with Crippen LogP contribution in [0.5, 0.6) is 0 Å². The molecule has 1 saturated carbocycles. The van der Waals surface area contributed by atoms with Crippen LogP contribution in [0.1, 0.15) is 51.1 Å². The van der Waals surface area contributed by atoms with E-state index >= 15 is 0 Å². The number of hydrogen-bond acceptors (Lipinski definition) is 3.